The maximum Gasteiger partial charge on any atom is 0.255 e. The molecule has 104 valence electrons. The van der Waals surface area contributed by atoms with Crippen molar-refractivity contribution in [3.63, 3.8) is 0 Å². The molecule has 1 amide bonds. The van der Waals surface area contributed by atoms with E-state index < -0.39 is 0 Å². The Labute approximate surface area is 128 Å². The normalized spacial score (nSPS) is 10.4. The van der Waals surface area contributed by atoms with Crippen molar-refractivity contribution in [3.05, 3.63) is 62.6 Å². The van der Waals surface area contributed by atoms with E-state index in [-0.39, 0.29) is 5.91 Å². The molecule has 0 atom stereocenters. The van der Waals surface area contributed by atoms with Gasteiger partial charge in [-0.3, -0.25) is 4.79 Å². The predicted octanol–water partition coefficient (Wildman–Crippen LogP) is 5.17. The van der Waals surface area contributed by atoms with Crippen LogP contribution in [0.25, 0.3) is 0 Å². The number of benzene rings is 2. The molecule has 2 rings (SSSR count). The third-order valence-electron chi connectivity index (χ3n) is 3.34. The van der Waals surface area contributed by atoms with Gasteiger partial charge >= 0.3 is 0 Å². The van der Waals surface area contributed by atoms with Crippen LogP contribution in [0.15, 0.2) is 30.3 Å². The standard InChI is InChI=1S/C16H15Cl2NO/c1-9-13(17)10(2)15(11(3)14(9)18)19-16(20)12-7-5-4-6-8-12/h4-8H,1-3H3,(H,19,20). The number of hydrogen-bond donors (Lipinski definition) is 1. The van der Waals surface area contributed by atoms with E-state index in [0.29, 0.717) is 21.3 Å². The van der Waals surface area contributed by atoms with Gasteiger partial charge in [-0.1, -0.05) is 41.4 Å². The Morgan fingerprint density at radius 2 is 1.40 bits per heavy atom. The molecular weight excluding hydrogens is 293 g/mol. The number of halogens is 2. The van der Waals surface area contributed by atoms with Crippen LogP contribution in [0.5, 0.6) is 0 Å². The maximum absolute atomic E-state index is 12.2. The molecule has 2 nitrogen and oxygen atoms in total. The quantitative estimate of drug-likeness (QED) is 0.814. The Kier molecular flexibility index (Phi) is 4.36. The van der Waals surface area contributed by atoms with Gasteiger partial charge in [-0.25, -0.2) is 0 Å². The fourth-order valence-electron chi connectivity index (χ4n) is 2.12. The lowest BCUT2D eigenvalue weighted by molar-refractivity contribution is 0.102. The smallest absolute Gasteiger partial charge is 0.255 e. The van der Waals surface area contributed by atoms with E-state index in [2.05, 4.69) is 5.32 Å². The number of anilines is 1. The van der Waals surface area contributed by atoms with Gasteiger partial charge in [0.05, 0.1) is 0 Å². The van der Waals surface area contributed by atoms with Crippen LogP contribution in [0, 0.1) is 20.8 Å². The van der Waals surface area contributed by atoms with Crippen LogP contribution in [0.3, 0.4) is 0 Å². The van der Waals surface area contributed by atoms with Crippen LogP contribution < -0.4 is 5.32 Å². The number of hydrogen-bond acceptors (Lipinski definition) is 1. The van der Waals surface area contributed by atoms with Crippen molar-refractivity contribution in [2.45, 2.75) is 20.8 Å². The molecule has 4 heteroatoms. The summed E-state index contributed by atoms with van der Waals surface area (Å²) in [5.74, 6) is -0.173. The summed E-state index contributed by atoms with van der Waals surface area (Å²) in [7, 11) is 0. The molecule has 0 aromatic heterocycles. The first kappa shape index (κ1) is 14.9. The van der Waals surface area contributed by atoms with Crippen LogP contribution in [0.2, 0.25) is 10.0 Å². The van der Waals surface area contributed by atoms with Crippen molar-refractivity contribution in [2.75, 3.05) is 5.32 Å². The molecule has 0 unspecified atom stereocenters. The van der Waals surface area contributed by atoms with Gasteiger partial charge < -0.3 is 5.32 Å². The first-order valence-electron chi connectivity index (χ1n) is 6.24. The van der Waals surface area contributed by atoms with Gasteiger partial charge in [0.1, 0.15) is 0 Å². The zero-order chi connectivity index (χ0) is 14.9. The first-order chi connectivity index (χ1) is 9.43. The lowest BCUT2D eigenvalue weighted by Crippen LogP contribution is -2.14. The van der Waals surface area contributed by atoms with E-state index in [4.69, 9.17) is 23.2 Å². The molecule has 2 aromatic carbocycles. The minimum atomic E-state index is -0.173. The minimum Gasteiger partial charge on any atom is -0.321 e. The van der Waals surface area contributed by atoms with Crippen molar-refractivity contribution in [2.24, 2.45) is 0 Å². The average Bonchev–Trinajstić information content (AvgIpc) is 2.48. The number of amides is 1. The molecular formula is C16H15Cl2NO. The molecule has 0 spiro atoms. The highest BCUT2D eigenvalue weighted by molar-refractivity contribution is 6.37. The molecule has 0 saturated carbocycles. The van der Waals surface area contributed by atoms with E-state index in [1.165, 1.54) is 0 Å². The zero-order valence-corrected chi connectivity index (χ0v) is 13.1. The van der Waals surface area contributed by atoms with Crippen molar-refractivity contribution in [3.8, 4) is 0 Å². The number of nitrogens with one attached hydrogen (secondary N) is 1. The largest absolute Gasteiger partial charge is 0.321 e. The fourth-order valence-corrected chi connectivity index (χ4v) is 2.55. The highest BCUT2D eigenvalue weighted by atomic mass is 35.5. The highest BCUT2D eigenvalue weighted by Crippen LogP contribution is 2.37. The molecule has 0 fully saturated rings. The van der Waals surface area contributed by atoms with Crippen molar-refractivity contribution in [1.82, 2.24) is 0 Å². The monoisotopic (exact) mass is 307 g/mol. The van der Waals surface area contributed by atoms with Gasteiger partial charge in [-0.05, 0) is 49.6 Å². The number of rotatable bonds is 2. The molecule has 0 aliphatic rings. The topological polar surface area (TPSA) is 29.1 Å². The van der Waals surface area contributed by atoms with Crippen molar-refractivity contribution in [1.29, 1.82) is 0 Å². The first-order valence-corrected chi connectivity index (χ1v) is 7.00. The van der Waals surface area contributed by atoms with Gasteiger partial charge in [-0.15, -0.1) is 0 Å². The van der Waals surface area contributed by atoms with Crippen LogP contribution in [-0.4, -0.2) is 5.91 Å². The van der Waals surface area contributed by atoms with E-state index >= 15 is 0 Å². The van der Waals surface area contributed by atoms with Crippen molar-refractivity contribution >= 4 is 34.8 Å². The Morgan fingerprint density at radius 3 is 1.90 bits per heavy atom. The van der Waals surface area contributed by atoms with E-state index in [9.17, 15) is 4.79 Å². The molecule has 0 heterocycles. The SMILES string of the molecule is Cc1c(Cl)c(C)c(NC(=O)c2ccccc2)c(C)c1Cl. The predicted molar refractivity (Wildman–Crippen MR) is 85.1 cm³/mol. The third-order valence-corrected chi connectivity index (χ3v) is 4.48. The van der Waals surface area contributed by atoms with Crippen molar-refractivity contribution < 1.29 is 4.79 Å². The number of carbonyl (C=O) groups is 1. The highest BCUT2D eigenvalue weighted by Gasteiger charge is 2.17. The Bertz CT molecular complexity index is 637. The second kappa shape index (κ2) is 5.86. The minimum absolute atomic E-state index is 0.173. The van der Waals surface area contributed by atoms with Gasteiger partial charge in [0.15, 0.2) is 0 Å². The summed E-state index contributed by atoms with van der Waals surface area (Å²) in [4.78, 5) is 12.2. The Morgan fingerprint density at radius 1 is 0.900 bits per heavy atom. The molecule has 0 radical (unpaired) electrons. The number of carbonyl (C=O) groups excluding carboxylic acids is 1. The molecule has 2 aromatic rings. The third kappa shape index (κ3) is 2.67. The molecule has 0 aliphatic carbocycles. The zero-order valence-electron chi connectivity index (χ0n) is 11.6. The Hall–Kier alpha value is -1.51. The molecule has 20 heavy (non-hydrogen) atoms. The van der Waals surface area contributed by atoms with Gasteiger partial charge in [0.2, 0.25) is 0 Å². The van der Waals surface area contributed by atoms with Gasteiger partial charge in [-0.2, -0.15) is 0 Å². The van der Waals surface area contributed by atoms with E-state index in [1.54, 1.807) is 12.1 Å². The summed E-state index contributed by atoms with van der Waals surface area (Å²) in [5, 5.41) is 4.07. The van der Waals surface area contributed by atoms with Crippen LogP contribution in [0.4, 0.5) is 5.69 Å². The summed E-state index contributed by atoms with van der Waals surface area (Å²) >= 11 is 12.5. The second-order valence-electron chi connectivity index (χ2n) is 4.70. The summed E-state index contributed by atoms with van der Waals surface area (Å²) in [5.41, 5.74) is 3.77. The summed E-state index contributed by atoms with van der Waals surface area (Å²) < 4.78 is 0. The summed E-state index contributed by atoms with van der Waals surface area (Å²) in [6, 6.07) is 9.04. The van der Waals surface area contributed by atoms with E-state index in [1.807, 2.05) is 39.0 Å². The average molecular weight is 308 g/mol. The van der Waals surface area contributed by atoms with Crippen LogP contribution in [-0.2, 0) is 0 Å². The lowest BCUT2D eigenvalue weighted by atomic mass is 10.0. The summed E-state index contributed by atoms with van der Waals surface area (Å²) in [6.45, 7) is 5.62. The maximum atomic E-state index is 12.2. The summed E-state index contributed by atoms with van der Waals surface area (Å²) in [6.07, 6.45) is 0. The lowest BCUT2D eigenvalue weighted by Gasteiger charge is -2.17. The van der Waals surface area contributed by atoms with Crippen LogP contribution in [0.1, 0.15) is 27.0 Å². The van der Waals surface area contributed by atoms with Crippen LogP contribution >= 0.6 is 23.2 Å². The molecule has 0 bridgehead atoms. The Balaban J connectivity index is 2.43. The molecule has 0 aliphatic heterocycles. The molecule has 1 N–H and O–H groups in total. The van der Waals surface area contributed by atoms with E-state index in [0.717, 1.165) is 16.7 Å². The second-order valence-corrected chi connectivity index (χ2v) is 5.45. The molecule has 0 saturated heterocycles. The fraction of sp³-hybridized carbons (Fsp3) is 0.188. The van der Waals surface area contributed by atoms with Gasteiger partial charge in [0, 0.05) is 21.3 Å². The van der Waals surface area contributed by atoms with Gasteiger partial charge in [0.25, 0.3) is 5.91 Å².